The number of fused-ring (bicyclic) bond motifs is 1. The zero-order valence-corrected chi connectivity index (χ0v) is 15.8. The second-order valence-electron chi connectivity index (χ2n) is 6.60. The van der Waals surface area contributed by atoms with Crippen LogP contribution in [0.15, 0.2) is 61.1 Å². The lowest BCUT2D eigenvalue weighted by Gasteiger charge is -2.12. The maximum absolute atomic E-state index is 13.4. The highest BCUT2D eigenvalue weighted by molar-refractivity contribution is 7.18. The highest BCUT2D eigenvalue weighted by Gasteiger charge is 2.10. The summed E-state index contributed by atoms with van der Waals surface area (Å²) < 4.78 is 13.4. The Kier molecular flexibility index (Phi) is 5.18. The number of benzene rings is 2. The SMILES string of the molecule is NC(CNc1ncc(-c2ccc3cnccc3c2)s1)Cc1ccc(O)c(F)c1. The van der Waals surface area contributed by atoms with Crippen molar-refractivity contribution in [3.63, 3.8) is 0 Å². The Hall–Kier alpha value is -3.03. The highest BCUT2D eigenvalue weighted by Crippen LogP contribution is 2.31. The van der Waals surface area contributed by atoms with Gasteiger partial charge >= 0.3 is 0 Å². The van der Waals surface area contributed by atoms with E-state index in [0.717, 1.165) is 31.9 Å². The van der Waals surface area contributed by atoms with Gasteiger partial charge in [-0.05, 0) is 47.2 Å². The van der Waals surface area contributed by atoms with E-state index >= 15 is 0 Å². The Labute approximate surface area is 165 Å². The molecular formula is C21H19FN4OS. The molecule has 4 rings (SSSR count). The van der Waals surface area contributed by atoms with Gasteiger partial charge in [0.05, 0.1) is 4.88 Å². The first kappa shape index (κ1) is 18.3. The minimum Gasteiger partial charge on any atom is -0.505 e. The number of nitrogens with one attached hydrogen (secondary N) is 1. The van der Waals surface area contributed by atoms with E-state index in [1.807, 2.05) is 18.5 Å². The second kappa shape index (κ2) is 7.92. The summed E-state index contributed by atoms with van der Waals surface area (Å²) in [5, 5.41) is 15.5. The molecule has 2 heterocycles. The summed E-state index contributed by atoms with van der Waals surface area (Å²) in [6.07, 6.45) is 5.98. The smallest absolute Gasteiger partial charge is 0.183 e. The van der Waals surface area contributed by atoms with E-state index < -0.39 is 5.82 Å². The van der Waals surface area contributed by atoms with Crippen LogP contribution in [0.2, 0.25) is 0 Å². The fourth-order valence-electron chi connectivity index (χ4n) is 3.00. The number of hydrogen-bond donors (Lipinski definition) is 3. The Bertz CT molecular complexity index is 1110. The van der Waals surface area contributed by atoms with Crippen LogP contribution in [-0.2, 0) is 6.42 Å². The molecule has 28 heavy (non-hydrogen) atoms. The molecule has 0 aliphatic heterocycles. The third kappa shape index (κ3) is 4.11. The maximum Gasteiger partial charge on any atom is 0.183 e. The monoisotopic (exact) mass is 394 g/mol. The van der Waals surface area contributed by atoms with Gasteiger partial charge in [-0.25, -0.2) is 9.37 Å². The van der Waals surface area contributed by atoms with Crippen molar-refractivity contribution in [1.82, 2.24) is 9.97 Å². The summed E-state index contributed by atoms with van der Waals surface area (Å²) in [5.41, 5.74) is 8.00. The molecule has 4 aromatic rings. The number of nitrogens with two attached hydrogens (primary N) is 1. The van der Waals surface area contributed by atoms with Crippen molar-refractivity contribution in [2.45, 2.75) is 12.5 Å². The summed E-state index contributed by atoms with van der Waals surface area (Å²) in [4.78, 5) is 9.62. The molecule has 0 aliphatic carbocycles. The first-order chi connectivity index (χ1) is 13.6. The number of aromatic nitrogens is 2. The molecule has 0 radical (unpaired) electrons. The van der Waals surface area contributed by atoms with E-state index in [-0.39, 0.29) is 11.8 Å². The number of halogens is 1. The first-order valence-corrected chi connectivity index (χ1v) is 9.67. The molecule has 0 aliphatic rings. The minimum absolute atomic E-state index is 0.204. The third-order valence-corrected chi connectivity index (χ3v) is 5.46. The van der Waals surface area contributed by atoms with E-state index in [2.05, 4.69) is 33.5 Å². The molecule has 0 spiro atoms. The predicted octanol–water partition coefficient (Wildman–Crippen LogP) is 4.18. The number of phenolic OH excluding ortho intramolecular Hbond substituents is 1. The number of pyridine rings is 1. The van der Waals surface area contributed by atoms with Crippen molar-refractivity contribution >= 4 is 27.2 Å². The second-order valence-corrected chi connectivity index (χ2v) is 7.63. The van der Waals surface area contributed by atoms with E-state index in [1.54, 1.807) is 23.6 Å². The van der Waals surface area contributed by atoms with Gasteiger partial charge in [0, 0.05) is 36.6 Å². The topological polar surface area (TPSA) is 84.1 Å². The van der Waals surface area contributed by atoms with Crippen molar-refractivity contribution in [3.05, 3.63) is 72.4 Å². The molecule has 4 N–H and O–H groups in total. The predicted molar refractivity (Wildman–Crippen MR) is 111 cm³/mol. The zero-order chi connectivity index (χ0) is 19.5. The molecule has 7 heteroatoms. The summed E-state index contributed by atoms with van der Waals surface area (Å²) >= 11 is 1.56. The molecule has 0 fully saturated rings. The van der Waals surface area contributed by atoms with Crippen LogP contribution < -0.4 is 11.1 Å². The molecule has 0 bridgehead atoms. The number of rotatable bonds is 6. The summed E-state index contributed by atoms with van der Waals surface area (Å²) in [7, 11) is 0. The van der Waals surface area contributed by atoms with Gasteiger partial charge in [-0.2, -0.15) is 0 Å². The summed E-state index contributed by atoms with van der Waals surface area (Å²) in [6, 6.07) is 12.4. The Morgan fingerprint density at radius 2 is 2.00 bits per heavy atom. The van der Waals surface area contributed by atoms with Crippen molar-refractivity contribution in [2.75, 3.05) is 11.9 Å². The van der Waals surface area contributed by atoms with Crippen LogP contribution in [0.1, 0.15) is 5.56 Å². The fourth-order valence-corrected chi connectivity index (χ4v) is 3.82. The van der Waals surface area contributed by atoms with Gasteiger partial charge in [0.1, 0.15) is 0 Å². The van der Waals surface area contributed by atoms with Crippen molar-refractivity contribution < 1.29 is 9.50 Å². The Morgan fingerprint density at radius 3 is 2.86 bits per heavy atom. The highest BCUT2D eigenvalue weighted by atomic mass is 32.1. The minimum atomic E-state index is -0.631. The lowest BCUT2D eigenvalue weighted by atomic mass is 10.1. The molecular weight excluding hydrogens is 375 g/mol. The van der Waals surface area contributed by atoms with Gasteiger partial charge in [-0.3, -0.25) is 4.98 Å². The molecule has 142 valence electrons. The normalized spacial score (nSPS) is 12.2. The largest absolute Gasteiger partial charge is 0.505 e. The van der Waals surface area contributed by atoms with Crippen LogP contribution in [-0.4, -0.2) is 27.7 Å². The maximum atomic E-state index is 13.4. The average Bonchev–Trinajstić information content (AvgIpc) is 3.18. The first-order valence-electron chi connectivity index (χ1n) is 8.85. The Morgan fingerprint density at radius 1 is 1.11 bits per heavy atom. The van der Waals surface area contributed by atoms with Gasteiger partial charge in [-0.1, -0.05) is 29.5 Å². The van der Waals surface area contributed by atoms with E-state index in [4.69, 9.17) is 5.73 Å². The molecule has 0 amide bonds. The molecule has 5 nitrogen and oxygen atoms in total. The van der Waals surface area contributed by atoms with E-state index in [9.17, 15) is 9.50 Å². The number of aromatic hydroxyl groups is 1. The molecule has 2 aromatic carbocycles. The lowest BCUT2D eigenvalue weighted by Crippen LogP contribution is -2.31. The molecule has 2 aromatic heterocycles. The quantitative estimate of drug-likeness (QED) is 0.457. The number of nitrogens with zero attached hydrogens (tertiary/aromatic N) is 2. The summed E-state index contributed by atoms with van der Waals surface area (Å²) in [6.45, 7) is 0.513. The van der Waals surface area contributed by atoms with E-state index in [0.29, 0.717) is 13.0 Å². The van der Waals surface area contributed by atoms with Crippen molar-refractivity contribution in [2.24, 2.45) is 5.73 Å². The lowest BCUT2D eigenvalue weighted by molar-refractivity contribution is 0.431. The number of phenols is 1. The van der Waals surface area contributed by atoms with Crippen molar-refractivity contribution in [1.29, 1.82) is 0 Å². The van der Waals surface area contributed by atoms with Crippen LogP contribution in [0.3, 0.4) is 0 Å². The van der Waals surface area contributed by atoms with Crippen LogP contribution >= 0.6 is 11.3 Å². The number of thiazole rings is 1. The van der Waals surface area contributed by atoms with Gasteiger partial charge in [-0.15, -0.1) is 0 Å². The number of hydrogen-bond acceptors (Lipinski definition) is 6. The number of anilines is 1. The van der Waals surface area contributed by atoms with Gasteiger partial charge < -0.3 is 16.2 Å². The van der Waals surface area contributed by atoms with Gasteiger partial charge in [0.15, 0.2) is 16.7 Å². The Balaban J connectivity index is 1.39. The van der Waals surface area contributed by atoms with Crippen LogP contribution in [0.5, 0.6) is 5.75 Å². The molecule has 0 saturated carbocycles. The summed E-state index contributed by atoms with van der Waals surface area (Å²) in [5.74, 6) is -0.982. The standard InChI is InChI=1S/C21H19FN4OS/c22-18-8-13(1-4-19(18)27)7-17(23)11-25-21-26-12-20(28-21)15-2-3-16-10-24-6-5-14(16)9-15/h1-6,8-10,12,17,27H,7,11,23H2,(H,25,26). The third-order valence-electron chi connectivity index (χ3n) is 4.46. The van der Waals surface area contributed by atoms with Gasteiger partial charge in [0.2, 0.25) is 0 Å². The molecule has 1 unspecified atom stereocenters. The van der Waals surface area contributed by atoms with Crippen LogP contribution in [0.4, 0.5) is 9.52 Å². The van der Waals surface area contributed by atoms with E-state index in [1.165, 1.54) is 12.1 Å². The molecule has 0 saturated heterocycles. The van der Waals surface area contributed by atoms with Gasteiger partial charge in [0.25, 0.3) is 0 Å². The van der Waals surface area contributed by atoms with Crippen LogP contribution in [0, 0.1) is 5.82 Å². The van der Waals surface area contributed by atoms with Crippen molar-refractivity contribution in [3.8, 4) is 16.2 Å². The fraction of sp³-hybridized carbons (Fsp3) is 0.143. The molecule has 1 atom stereocenters. The zero-order valence-electron chi connectivity index (χ0n) is 15.0. The average molecular weight is 394 g/mol. The van der Waals surface area contributed by atoms with Crippen LogP contribution in [0.25, 0.3) is 21.2 Å².